The van der Waals surface area contributed by atoms with Gasteiger partial charge in [-0.05, 0) is 18.2 Å². The lowest BCUT2D eigenvalue weighted by Crippen LogP contribution is -2.34. The second-order valence-corrected chi connectivity index (χ2v) is 5.23. The van der Waals surface area contributed by atoms with Crippen LogP contribution in [0.3, 0.4) is 0 Å². The number of rotatable bonds is 4. The summed E-state index contributed by atoms with van der Waals surface area (Å²) in [4.78, 5) is 36.3. The smallest absolute Gasteiger partial charge is 0.251 e. The first-order valence-electron chi connectivity index (χ1n) is 6.07. The average molecular weight is 293 g/mol. The van der Waals surface area contributed by atoms with Gasteiger partial charge in [0.15, 0.2) is 0 Å². The van der Waals surface area contributed by atoms with Crippen LogP contribution in [-0.2, 0) is 9.59 Å². The summed E-state index contributed by atoms with van der Waals surface area (Å²) in [5.41, 5.74) is 1.01. The summed E-state index contributed by atoms with van der Waals surface area (Å²) < 4.78 is 0. The van der Waals surface area contributed by atoms with Gasteiger partial charge >= 0.3 is 0 Å². The van der Waals surface area contributed by atoms with E-state index in [0.717, 1.165) is 0 Å². The van der Waals surface area contributed by atoms with Gasteiger partial charge in [0.1, 0.15) is 6.54 Å². The summed E-state index contributed by atoms with van der Waals surface area (Å²) in [6.45, 7) is 0.0377. The number of nitrogens with one attached hydrogen (secondary N) is 2. The Bertz CT molecular complexity index is 547. The molecule has 0 unspecified atom stereocenters. The van der Waals surface area contributed by atoms with Crippen LogP contribution in [-0.4, -0.2) is 47.8 Å². The summed E-state index contributed by atoms with van der Waals surface area (Å²) in [6, 6.07) is 6.65. The van der Waals surface area contributed by atoms with Gasteiger partial charge in [-0.3, -0.25) is 14.4 Å². The minimum atomic E-state index is -0.269. The van der Waals surface area contributed by atoms with Gasteiger partial charge in [-0.2, -0.15) is 0 Å². The van der Waals surface area contributed by atoms with E-state index in [1.54, 1.807) is 31.3 Å². The van der Waals surface area contributed by atoms with E-state index in [9.17, 15) is 14.4 Å². The lowest BCUT2D eigenvalue weighted by molar-refractivity contribution is -0.130. The molecule has 1 saturated heterocycles. The van der Waals surface area contributed by atoms with Gasteiger partial charge in [-0.15, -0.1) is 11.8 Å². The van der Waals surface area contributed by atoms with E-state index in [1.165, 1.54) is 16.7 Å². The lowest BCUT2D eigenvalue weighted by Gasteiger charge is -2.14. The third-order valence-corrected chi connectivity index (χ3v) is 3.74. The molecule has 1 aromatic rings. The maximum atomic E-state index is 11.8. The van der Waals surface area contributed by atoms with Crippen LogP contribution in [0.2, 0.25) is 0 Å². The Morgan fingerprint density at radius 3 is 2.85 bits per heavy atom. The van der Waals surface area contributed by atoms with E-state index >= 15 is 0 Å². The Morgan fingerprint density at radius 2 is 2.20 bits per heavy atom. The van der Waals surface area contributed by atoms with Crippen LogP contribution in [0.25, 0.3) is 0 Å². The standard InChI is InChI=1S/C13H15N3O3S/c1-14-13(19)9-3-2-4-10(5-9)15-11(17)6-16-8-20-7-12(16)18/h2-5H,6-8H2,1H3,(H,14,19)(H,15,17). The molecule has 1 heterocycles. The molecular weight excluding hydrogens is 278 g/mol. The van der Waals surface area contributed by atoms with E-state index in [0.29, 0.717) is 22.9 Å². The topological polar surface area (TPSA) is 78.5 Å². The fourth-order valence-electron chi connectivity index (χ4n) is 1.80. The molecule has 0 saturated carbocycles. The Kier molecular flexibility index (Phi) is 4.62. The van der Waals surface area contributed by atoms with Gasteiger partial charge < -0.3 is 15.5 Å². The summed E-state index contributed by atoms with van der Waals surface area (Å²) in [6.07, 6.45) is 0. The molecule has 106 valence electrons. The van der Waals surface area contributed by atoms with Gasteiger partial charge in [0.25, 0.3) is 5.91 Å². The normalized spacial score (nSPS) is 14.2. The van der Waals surface area contributed by atoms with Crippen molar-refractivity contribution in [1.29, 1.82) is 0 Å². The molecule has 0 aromatic heterocycles. The van der Waals surface area contributed by atoms with Crippen molar-refractivity contribution in [1.82, 2.24) is 10.2 Å². The summed E-state index contributed by atoms with van der Waals surface area (Å²) in [5.74, 6) is 0.468. The fraction of sp³-hybridized carbons (Fsp3) is 0.308. The molecule has 1 fully saturated rings. The van der Waals surface area contributed by atoms with Gasteiger partial charge in [0.05, 0.1) is 11.6 Å². The van der Waals surface area contributed by atoms with E-state index in [1.807, 2.05) is 0 Å². The minimum absolute atomic E-state index is 0.0238. The third-order valence-electron chi connectivity index (χ3n) is 2.80. The van der Waals surface area contributed by atoms with Gasteiger partial charge in [-0.25, -0.2) is 0 Å². The van der Waals surface area contributed by atoms with Crippen LogP contribution < -0.4 is 10.6 Å². The SMILES string of the molecule is CNC(=O)c1cccc(NC(=O)CN2CSCC2=O)c1. The van der Waals surface area contributed by atoms with Crippen LogP contribution in [0.4, 0.5) is 5.69 Å². The number of thioether (sulfide) groups is 1. The molecule has 6 nitrogen and oxygen atoms in total. The molecule has 1 aliphatic heterocycles. The van der Waals surface area contributed by atoms with Crippen LogP contribution in [0.15, 0.2) is 24.3 Å². The number of hydrogen-bond acceptors (Lipinski definition) is 4. The molecule has 7 heteroatoms. The molecule has 0 radical (unpaired) electrons. The van der Waals surface area contributed by atoms with E-state index in [4.69, 9.17) is 0 Å². The average Bonchev–Trinajstić information content (AvgIpc) is 2.83. The van der Waals surface area contributed by atoms with E-state index in [-0.39, 0.29) is 24.3 Å². The molecule has 0 spiro atoms. The van der Waals surface area contributed by atoms with E-state index < -0.39 is 0 Å². The second-order valence-electron chi connectivity index (χ2n) is 4.28. The maximum Gasteiger partial charge on any atom is 0.251 e. The molecular formula is C13H15N3O3S. The largest absolute Gasteiger partial charge is 0.355 e. The van der Waals surface area contributed by atoms with Gasteiger partial charge in [0, 0.05) is 18.3 Å². The maximum absolute atomic E-state index is 11.8. The Hall–Kier alpha value is -2.02. The Labute approximate surface area is 120 Å². The lowest BCUT2D eigenvalue weighted by atomic mass is 10.2. The van der Waals surface area contributed by atoms with Crippen LogP contribution in [0.5, 0.6) is 0 Å². The van der Waals surface area contributed by atoms with Crippen LogP contribution >= 0.6 is 11.8 Å². The highest BCUT2D eigenvalue weighted by atomic mass is 32.2. The van der Waals surface area contributed by atoms with Crippen molar-refractivity contribution in [2.24, 2.45) is 0 Å². The molecule has 1 aliphatic rings. The minimum Gasteiger partial charge on any atom is -0.355 e. The zero-order chi connectivity index (χ0) is 14.5. The third kappa shape index (κ3) is 3.51. The van der Waals surface area contributed by atoms with Gasteiger partial charge in [0.2, 0.25) is 11.8 Å². The van der Waals surface area contributed by atoms with Crippen LogP contribution in [0, 0.1) is 0 Å². The quantitative estimate of drug-likeness (QED) is 0.848. The monoisotopic (exact) mass is 293 g/mol. The molecule has 0 bridgehead atoms. The highest BCUT2D eigenvalue weighted by Crippen LogP contribution is 2.15. The number of carbonyl (C=O) groups excluding carboxylic acids is 3. The number of amides is 3. The first kappa shape index (κ1) is 14.4. The van der Waals surface area contributed by atoms with Gasteiger partial charge in [-0.1, -0.05) is 6.07 Å². The molecule has 1 aromatic carbocycles. The molecule has 3 amide bonds. The van der Waals surface area contributed by atoms with Crippen molar-refractivity contribution in [2.45, 2.75) is 0 Å². The zero-order valence-electron chi connectivity index (χ0n) is 11.0. The number of anilines is 1. The highest BCUT2D eigenvalue weighted by molar-refractivity contribution is 8.00. The van der Waals surface area contributed by atoms with Crippen molar-refractivity contribution >= 4 is 35.2 Å². The predicted octanol–water partition coefficient (Wildman–Crippen LogP) is 0.518. The van der Waals surface area contributed by atoms with Crippen LogP contribution in [0.1, 0.15) is 10.4 Å². The molecule has 2 N–H and O–H groups in total. The number of hydrogen-bond donors (Lipinski definition) is 2. The predicted molar refractivity (Wildman–Crippen MR) is 77.5 cm³/mol. The summed E-state index contributed by atoms with van der Waals surface area (Å²) in [5, 5.41) is 5.21. The zero-order valence-corrected chi connectivity index (χ0v) is 11.8. The molecule has 2 rings (SSSR count). The number of nitrogens with zero attached hydrogens (tertiary/aromatic N) is 1. The second kappa shape index (κ2) is 6.42. The summed E-state index contributed by atoms with van der Waals surface area (Å²) in [7, 11) is 1.55. The molecule has 20 heavy (non-hydrogen) atoms. The number of carbonyl (C=O) groups is 3. The Balaban J connectivity index is 1.97. The first-order chi connectivity index (χ1) is 9.60. The van der Waals surface area contributed by atoms with Crippen molar-refractivity contribution in [3.63, 3.8) is 0 Å². The van der Waals surface area contributed by atoms with Crippen molar-refractivity contribution in [3.05, 3.63) is 29.8 Å². The first-order valence-corrected chi connectivity index (χ1v) is 7.23. The summed E-state index contributed by atoms with van der Waals surface area (Å²) >= 11 is 1.49. The molecule has 0 atom stereocenters. The van der Waals surface area contributed by atoms with Crippen molar-refractivity contribution in [2.75, 3.05) is 30.5 Å². The van der Waals surface area contributed by atoms with E-state index in [2.05, 4.69) is 10.6 Å². The molecule has 0 aliphatic carbocycles. The Morgan fingerprint density at radius 1 is 1.40 bits per heavy atom. The number of benzene rings is 1. The highest BCUT2D eigenvalue weighted by Gasteiger charge is 2.22. The fourth-order valence-corrected chi connectivity index (χ4v) is 2.70. The van der Waals surface area contributed by atoms with Crippen molar-refractivity contribution < 1.29 is 14.4 Å². The van der Waals surface area contributed by atoms with Crippen molar-refractivity contribution in [3.8, 4) is 0 Å².